The maximum atomic E-state index is 12.1. The van der Waals surface area contributed by atoms with E-state index in [9.17, 15) is 23.1 Å². The van der Waals surface area contributed by atoms with E-state index in [4.69, 9.17) is 10.4 Å². The summed E-state index contributed by atoms with van der Waals surface area (Å²) in [7, 11) is -3.73. The Morgan fingerprint density at radius 2 is 2.21 bits per heavy atom. The number of carbonyl (C=O) groups is 2. The minimum Gasteiger partial charge on any atom is -0.480 e. The zero-order valence-corrected chi connectivity index (χ0v) is 13.6. The second-order valence-electron chi connectivity index (χ2n) is 5.82. The molecule has 0 radical (unpaired) electrons. The summed E-state index contributed by atoms with van der Waals surface area (Å²) in [5.41, 5.74) is 1.01. The van der Waals surface area contributed by atoms with Crippen LogP contribution >= 0.6 is 0 Å². The average molecular weight is 351 g/mol. The van der Waals surface area contributed by atoms with Crippen LogP contribution in [0, 0.1) is 17.2 Å². The van der Waals surface area contributed by atoms with Crippen molar-refractivity contribution in [2.45, 2.75) is 18.9 Å². The monoisotopic (exact) mass is 351 g/mol. The Morgan fingerprint density at radius 3 is 2.79 bits per heavy atom. The van der Waals surface area contributed by atoms with E-state index >= 15 is 0 Å². The molecule has 0 bridgehead atoms. The maximum Gasteiger partial charge on any atom is 0.326 e. The number of likely N-dealkylation sites (tertiary alicyclic amines) is 1. The van der Waals surface area contributed by atoms with Gasteiger partial charge >= 0.3 is 5.97 Å². The van der Waals surface area contributed by atoms with Gasteiger partial charge in [-0.15, -0.1) is 0 Å². The lowest BCUT2D eigenvalue weighted by atomic mass is 10.0. The second-order valence-corrected chi connectivity index (χ2v) is 7.48. The highest BCUT2D eigenvalue weighted by Crippen LogP contribution is 2.23. The first kappa shape index (κ1) is 17.9. The Kier molecular flexibility index (Phi) is 5.21. The number of nitrogens with two attached hydrogens (primary N) is 1. The average Bonchev–Trinajstić information content (AvgIpc) is 2.82. The Balaban J connectivity index is 2.17. The number of amides is 1. The van der Waals surface area contributed by atoms with Crippen molar-refractivity contribution in [1.29, 1.82) is 5.26 Å². The largest absolute Gasteiger partial charge is 0.480 e. The highest BCUT2D eigenvalue weighted by atomic mass is 32.2. The van der Waals surface area contributed by atoms with Gasteiger partial charge in [-0.05, 0) is 17.7 Å². The summed E-state index contributed by atoms with van der Waals surface area (Å²) in [6, 6.07) is 7.35. The minimum absolute atomic E-state index is 0.0319. The van der Waals surface area contributed by atoms with E-state index < -0.39 is 33.9 Å². The predicted octanol–water partition coefficient (Wildman–Crippen LogP) is -0.309. The van der Waals surface area contributed by atoms with Gasteiger partial charge in [0.1, 0.15) is 6.04 Å². The number of hydrogen-bond donors (Lipinski definition) is 2. The lowest BCUT2D eigenvalue weighted by Gasteiger charge is -2.25. The van der Waals surface area contributed by atoms with Crippen LogP contribution in [0.1, 0.15) is 17.5 Å². The van der Waals surface area contributed by atoms with Crippen LogP contribution < -0.4 is 5.14 Å². The number of nitrogens with zero attached hydrogens (tertiary/aromatic N) is 2. The van der Waals surface area contributed by atoms with Crippen LogP contribution in [-0.2, 0) is 26.0 Å². The van der Waals surface area contributed by atoms with Crippen LogP contribution in [0.15, 0.2) is 24.3 Å². The summed E-state index contributed by atoms with van der Waals surface area (Å²) in [6.45, 7) is 0.0319. The highest BCUT2D eigenvalue weighted by Gasteiger charge is 2.38. The molecular formula is C15H17N3O5S. The van der Waals surface area contributed by atoms with Crippen LogP contribution in [0.5, 0.6) is 0 Å². The molecule has 1 heterocycles. The van der Waals surface area contributed by atoms with Crippen molar-refractivity contribution in [3.05, 3.63) is 35.4 Å². The smallest absolute Gasteiger partial charge is 0.326 e. The van der Waals surface area contributed by atoms with Gasteiger partial charge in [0.15, 0.2) is 0 Å². The quantitative estimate of drug-likeness (QED) is 0.720. The maximum absolute atomic E-state index is 12.1. The van der Waals surface area contributed by atoms with E-state index in [1.165, 1.54) is 4.90 Å². The van der Waals surface area contributed by atoms with Crippen LogP contribution in [0.4, 0.5) is 0 Å². The first-order valence-electron chi connectivity index (χ1n) is 7.21. The van der Waals surface area contributed by atoms with E-state index in [0.29, 0.717) is 11.1 Å². The summed E-state index contributed by atoms with van der Waals surface area (Å²) in [5.74, 6) is -2.46. The summed E-state index contributed by atoms with van der Waals surface area (Å²) >= 11 is 0. The third-order valence-corrected chi connectivity index (χ3v) is 4.79. The molecule has 0 saturated carbocycles. The third-order valence-electron chi connectivity index (χ3n) is 3.85. The van der Waals surface area contributed by atoms with Crippen LogP contribution in [0.25, 0.3) is 0 Å². The van der Waals surface area contributed by atoms with Crippen molar-refractivity contribution in [3.8, 4) is 6.07 Å². The lowest BCUT2D eigenvalue weighted by molar-refractivity contribution is -0.148. The van der Waals surface area contributed by atoms with Crippen molar-refractivity contribution in [3.63, 3.8) is 0 Å². The van der Waals surface area contributed by atoms with Gasteiger partial charge in [0.25, 0.3) is 0 Å². The number of carboxylic acids is 1. The minimum atomic E-state index is -3.73. The van der Waals surface area contributed by atoms with Crippen molar-refractivity contribution in [1.82, 2.24) is 4.90 Å². The molecule has 1 saturated heterocycles. The first-order valence-corrected chi connectivity index (χ1v) is 8.93. The normalized spacial score (nSPS) is 19.1. The van der Waals surface area contributed by atoms with Gasteiger partial charge in [-0.2, -0.15) is 5.26 Å². The molecule has 3 N–H and O–H groups in total. The van der Waals surface area contributed by atoms with Gasteiger partial charge in [-0.1, -0.05) is 12.1 Å². The molecule has 1 unspecified atom stereocenters. The number of carboxylic acid groups (broad SMARTS) is 1. The fourth-order valence-electron chi connectivity index (χ4n) is 2.87. The van der Waals surface area contributed by atoms with E-state index in [1.807, 2.05) is 6.07 Å². The summed E-state index contributed by atoms with van der Waals surface area (Å²) in [6.07, 6.45) is -0.00284. The van der Waals surface area contributed by atoms with Crippen molar-refractivity contribution in [2.24, 2.45) is 11.1 Å². The fraction of sp³-hybridized carbons (Fsp3) is 0.400. The first-order chi connectivity index (χ1) is 11.2. The molecule has 2 atom stereocenters. The Labute approximate surface area is 139 Å². The Hall–Kier alpha value is -2.44. The van der Waals surface area contributed by atoms with E-state index in [0.717, 1.165) is 0 Å². The number of nitriles is 1. The molecule has 0 spiro atoms. The molecule has 1 aliphatic rings. The summed E-state index contributed by atoms with van der Waals surface area (Å²) < 4.78 is 22.3. The second kappa shape index (κ2) is 6.98. The van der Waals surface area contributed by atoms with Crippen molar-refractivity contribution in [2.75, 3.05) is 12.3 Å². The molecule has 2 rings (SSSR count). The van der Waals surface area contributed by atoms with Crippen LogP contribution in [0.2, 0.25) is 0 Å². The number of rotatable bonds is 6. The molecule has 9 heteroatoms. The zero-order chi connectivity index (χ0) is 17.9. The molecule has 8 nitrogen and oxygen atoms in total. The number of hydrogen-bond acceptors (Lipinski definition) is 5. The predicted molar refractivity (Wildman–Crippen MR) is 84.1 cm³/mol. The topological polar surface area (TPSA) is 142 Å². The number of sulfonamides is 1. The standard InChI is InChI=1S/C15H17N3O5S/c16-7-11-3-1-2-10(4-11)5-13(15(20)21)18-8-12(6-14(18)19)9-24(17,22)23/h1-4,12-13H,5-6,8-9H2,(H,20,21)(H2,17,22,23)/t12?,13-/m0/s1. The molecule has 0 aliphatic carbocycles. The zero-order valence-electron chi connectivity index (χ0n) is 12.8. The van der Waals surface area contributed by atoms with Gasteiger partial charge in [0.05, 0.1) is 17.4 Å². The van der Waals surface area contributed by atoms with E-state index in [2.05, 4.69) is 0 Å². The number of primary sulfonamides is 1. The van der Waals surface area contributed by atoms with E-state index in [-0.39, 0.29) is 25.1 Å². The SMILES string of the molecule is N#Cc1cccc(C[C@@H](C(=O)O)N2CC(CS(N)(=O)=O)CC2=O)c1. The number of aliphatic carboxylic acids is 1. The van der Waals surface area contributed by atoms with Gasteiger partial charge in [-0.3, -0.25) is 4.79 Å². The van der Waals surface area contributed by atoms with E-state index in [1.54, 1.807) is 24.3 Å². The molecule has 1 amide bonds. The molecule has 24 heavy (non-hydrogen) atoms. The van der Waals surface area contributed by atoms with Crippen LogP contribution in [-0.4, -0.2) is 48.6 Å². The Morgan fingerprint density at radius 1 is 1.50 bits per heavy atom. The van der Waals surface area contributed by atoms with Gasteiger partial charge in [-0.25, -0.2) is 18.4 Å². The van der Waals surface area contributed by atoms with Crippen LogP contribution in [0.3, 0.4) is 0 Å². The third kappa shape index (κ3) is 4.53. The van der Waals surface area contributed by atoms with Crippen molar-refractivity contribution < 1.29 is 23.1 Å². The molecule has 1 aromatic carbocycles. The van der Waals surface area contributed by atoms with Gasteiger partial charge < -0.3 is 10.0 Å². The molecule has 1 aliphatic heterocycles. The Bertz CT molecular complexity index is 800. The fourth-order valence-corrected chi connectivity index (χ4v) is 3.75. The van der Waals surface area contributed by atoms with Gasteiger partial charge in [0.2, 0.25) is 15.9 Å². The molecule has 0 aromatic heterocycles. The summed E-state index contributed by atoms with van der Waals surface area (Å²) in [4.78, 5) is 24.9. The van der Waals surface area contributed by atoms with Gasteiger partial charge in [0, 0.05) is 25.3 Å². The molecule has 1 fully saturated rings. The number of benzene rings is 1. The highest BCUT2D eigenvalue weighted by molar-refractivity contribution is 7.89. The van der Waals surface area contributed by atoms with Crippen molar-refractivity contribution >= 4 is 21.9 Å². The lowest BCUT2D eigenvalue weighted by Crippen LogP contribution is -2.44. The molecular weight excluding hydrogens is 334 g/mol. The molecule has 128 valence electrons. The molecule has 1 aromatic rings. The number of carbonyl (C=O) groups excluding carboxylic acids is 1. The summed E-state index contributed by atoms with van der Waals surface area (Å²) in [5, 5.41) is 23.4.